The van der Waals surface area contributed by atoms with Crippen LogP contribution in [0.2, 0.25) is 0 Å². The minimum atomic E-state index is -3.30. The molecule has 3 rings (SSSR count). The second kappa shape index (κ2) is 3.00. The van der Waals surface area contributed by atoms with Gasteiger partial charge in [0.2, 0.25) is 10.0 Å². The molecule has 0 unspecified atom stereocenters. The fourth-order valence-electron chi connectivity index (χ4n) is 1.60. The van der Waals surface area contributed by atoms with Gasteiger partial charge in [0.25, 0.3) is 0 Å². The molecule has 6 heteroatoms. The number of sulfonamides is 1. The highest BCUT2D eigenvalue weighted by molar-refractivity contribution is 7.94. The van der Waals surface area contributed by atoms with Crippen LogP contribution in [0.25, 0.3) is 0 Å². The summed E-state index contributed by atoms with van der Waals surface area (Å²) in [6.45, 7) is 1.75. The summed E-state index contributed by atoms with van der Waals surface area (Å²) in [6, 6.07) is 1.70. The molecule has 2 fully saturated rings. The molecule has 1 aromatic rings. The number of anilines is 1. The first-order valence-corrected chi connectivity index (χ1v) is 6.97. The molecule has 0 atom stereocenters. The quantitative estimate of drug-likeness (QED) is 0.874. The molecular formula is C10H14N2O3S. The van der Waals surface area contributed by atoms with E-state index in [0.717, 1.165) is 31.4 Å². The van der Waals surface area contributed by atoms with E-state index in [1.807, 2.05) is 0 Å². The van der Waals surface area contributed by atoms with Crippen LogP contribution < -0.4 is 4.72 Å². The van der Waals surface area contributed by atoms with Crippen LogP contribution in [0.5, 0.6) is 0 Å². The van der Waals surface area contributed by atoms with Crippen LogP contribution in [0.3, 0.4) is 0 Å². The van der Waals surface area contributed by atoms with Gasteiger partial charge in [0.05, 0.1) is 4.75 Å². The summed E-state index contributed by atoms with van der Waals surface area (Å²) in [6.07, 6.45) is 3.66. The molecule has 0 amide bonds. The van der Waals surface area contributed by atoms with Gasteiger partial charge in [-0.05, 0) is 32.6 Å². The number of hydrogen-bond acceptors (Lipinski definition) is 4. The van der Waals surface area contributed by atoms with Gasteiger partial charge in [-0.2, -0.15) is 0 Å². The molecule has 2 saturated carbocycles. The molecule has 0 radical (unpaired) electrons. The third-order valence-electron chi connectivity index (χ3n) is 3.35. The third-order valence-corrected chi connectivity index (χ3v) is 5.53. The molecule has 1 heterocycles. The van der Waals surface area contributed by atoms with Crippen molar-refractivity contribution < 1.29 is 12.9 Å². The highest BCUT2D eigenvalue weighted by Crippen LogP contribution is 2.44. The average Bonchev–Trinajstić information content (AvgIpc) is 3.11. The van der Waals surface area contributed by atoms with E-state index >= 15 is 0 Å². The van der Waals surface area contributed by atoms with E-state index in [4.69, 9.17) is 4.52 Å². The van der Waals surface area contributed by atoms with Gasteiger partial charge in [0, 0.05) is 12.0 Å². The SMILES string of the molecule is CC1(S(=O)(=O)Nc2cc(C3CC3)on2)CC1. The molecule has 0 saturated heterocycles. The van der Waals surface area contributed by atoms with Crippen molar-refractivity contribution in [1.82, 2.24) is 5.16 Å². The van der Waals surface area contributed by atoms with E-state index in [9.17, 15) is 8.42 Å². The zero-order chi connectivity index (χ0) is 11.4. The summed E-state index contributed by atoms with van der Waals surface area (Å²) >= 11 is 0. The Balaban J connectivity index is 1.78. The van der Waals surface area contributed by atoms with Crippen LogP contribution in [0.4, 0.5) is 5.82 Å². The van der Waals surface area contributed by atoms with Gasteiger partial charge in [0.15, 0.2) is 5.82 Å². The Labute approximate surface area is 94.3 Å². The molecule has 1 aromatic heterocycles. The van der Waals surface area contributed by atoms with Crippen LogP contribution in [-0.2, 0) is 10.0 Å². The van der Waals surface area contributed by atoms with Crippen molar-refractivity contribution in [2.75, 3.05) is 4.72 Å². The van der Waals surface area contributed by atoms with Crippen LogP contribution >= 0.6 is 0 Å². The predicted molar refractivity (Wildman–Crippen MR) is 58.7 cm³/mol. The summed E-state index contributed by atoms with van der Waals surface area (Å²) in [7, 11) is -3.30. The second-order valence-electron chi connectivity index (χ2n) is 4.94. The van der Waals surface area contributed by atoms with Gasteiger partial charge in [0.1, 0.15) is 5.76 Å². The minimum Gasteiger partial charge on any atom is -0.359 e. The van der Waals surface area contributed by atoms with Crippen molar-refractivity contribution in [3.05, 3.63) is 11.8 Å². The Kier molecular flexibility index (Phi) is 1.90. The van der Waals surface area contributed by atoms with Crippen molar-refractivity contribution >= 4 is 15.8 Å². The number of aromatic nitrogens is 1. The lowest BCUT2D eigenvalue weighted by Crippen LogP contribution is -2.26. The molecule has 5 nitrogen and oxygen atoms in total. The van der Waals surface area contributed by atoms with Gasteiger partial charge in [-0.1, -0.05) is 5.16 Å². The maximum atomic E-state index is 11.9. The molecule has 0 aromatic carbocycles. The van der Waals surface area contributed by atoms with Crippen molar-refractivity contribution in [3.63, 3.8) is 0 Å². The number of hydrogen-bond donors (Lipinski definition) is 1. The summed E-state index contributed by atoms with van der Waals surface area (Å²) in [5.74, 6) is 1.55. The van der Waals surface area contributed by atoms with Crippen LogP contribution in [0.15, 0.2) is 10.6 Å². The third kappa shape index (κ3) is 1.61. The van der Waals surface area contributed by atoms with Crippen LogP contribution in [0.1, 0.15) is 44.3 Å². The van der Waals surface area contributed by atoms with E-state index < -0.39 is 14.8 Å². The van der Waals surface area contributed by atoms with Crippen molar-refractivity contribution in [3.8, 4) is 0 Å². The fourth-order valence-corrected chi connectivity index (χ4v) is 2.86. The van der Waals surface area contributed by atoms with Gasteiger partial charge in [-0.15, -0.1) is 0 Å². The van der Waals surface area contributed by atoms with Gasteiger partial charge in [-0.3, -0.25) is 4.72 Å². The zero-order valence-corrected chi connectivity index (χ0v) is 9.88. The number of nitrogens with one attached hydrogen (secondary N) is 1. The first-order chi connectivity index (χ1) is 7.50. The Hall–Kier alpha value is -1.04. The minimum absolute atomic E-state index is 0.315. The van der Waals surface area contributed by atoms with Crippen molar-refractivity contribution in [1.29, 1.82) is 0 Å². The number of nitrogens with zero attached hydrogens (tertiary/aromatic N) is 1. The first-order valence-electron chi connectivity index (χ1n) is 5.49. The molecule has 88 valence electrons. The molecule has 1 N–H and O–H groups in total. The Bertz CT molecular complexity index is 512. The first kappa shape index (κ1) is 10.1. The molecule has 0 aliphatic heterocycles. The van der Waals surface area contributed by atoms with Crippen LogP contribution in [-0.4, -0.2) is 18.3 Å². The Morgan fingerprint density at radius 3 is 2.75 bits per heavy atom. The molecule has 0 bridgehead atoms. The monoisotopic (exact) mass is 242 g/mol. The summed E-state index contributed by atoms with van der Waals surface area (Å²) in [5, 5.41) is 3.74. The summed E-state index contributed by atoms with van der Waals surface area (Å²) in [5.41, 5.74) is 0. The molecule has 0 spiro atoms. The summed E-state index contributed by atoms with van der Waals surface area (Å²) < 4.78 is 30.7. The maximum absolute atomic E-state index is 11.9. The van der Waals surface area contributed by atoms with E-state index in [-0.39, 0.29) is 0 Å². The van der Waals surface area contributed by atoms with Crippen molar-refractivity contribution in [2.24, 2.45) is 0 Å². The van der Waals surface area contributed by atoms with Gasteiger partial charge >= 0.3 is 0 Å². The zero-order valence-electron chi connectivity index (χ0n) is 9.06. The molecule has 16 heavy (non-hydrogen) atoms. The summed E-state index contributed by atoms with van der Waals surface area (Å²) in [4.78, 5) is 0. The fraction of sp³-hybridized carbons (Fsp3) is 0.700. The molecule has 2 aliphatic carbocycles. The predicted octanol–water partition coefficient (Wildman–Crippen LogP) is 1.85. The highest BCUT2D eigenvalue weighted by atomic mass is 32.2. The largest absolute Gasteiger partial charge is 0.359 e. The normalized spacial score (nSPS) is 23.1. The highest BCUT2D eigenvalue weighted by Gasteiger charge is 2.50. The topological polar surface area (TPSA) is 72.2 Å². The van der Waals surface area contributed by atoms with Crippen molar-refractivity contribution in [2.45, 2.75) is 43.3 Å². The van der Waals surface area contributed by atoms with E-state index in [1.165, 1.54) is 0 Å². The maximum Gasteiger partial charge on any atom is 0.239 e. The second-order valence-corrected chi connectivity index (χ2v) is 7.14. The lowest BCUT2D eigenvalue weighted by atomic mass is 10.3. The van der Waals surface area contributed by atoms with Gasteiger partial charge < -0.3 is 4.52 Å². The lowest BCUT2D eigenvalue weighted by molar-refractivity contribution is 0.387. The lowest BCUT2D eigenvalue weighted by Gasteiger charge is -2.09. The Morgan fingerprint density at radius 1 is 1.50 bits per heavy atom. The van der Waals surface area contributed by atoms with Crippen LogP contribution in [0, 0.1) is 0 Å². The van der Waals surface area contributed by atoms with Gasteiger partial charge in [-0.25, -0.2) is 8.42 Å². The smallest absolute Gasteiger partial charge is 0.239 e. The molecular weight excluding hydrogens is 228 g/mol. The number of rotatable bonds is 4. The average molecular weight is 242 g/mol. The van der Waals surface area contributed by atoms with E-state index in [1.54, 1.807) is 13.0 Å². The van der Waals surface area contributed by atoms with E-state index in [0.29, 0.717) is 11.7 Å². The Morgan fingerprint density at radius 2 is 2.19 bits per heavy atom. The van der Waals surface area contributed by atoms with E-state index in [2.05, 4.69) is 9.88 Å². The standard InChI is InChI=1S/C10H14N2O3S/c1-10(4-5-10)16(13,14)12-9-6-8(15-11-9)7-2-3-7/h6-7H,2-5H2,1H3,(H,11,12). The molecule has 2 aliphatic rings.